The van der Waals surface area contributed by atoms with Crippen molar-refractivity contribution >= 4 is 22.7 Å². The Labute approximate surface area is 168 Å². The largest absolute Gasteiger partial charge is 0.443 e. The first-order valence-corrected chi connectivity index (χ1v) is 9.43. The lowest BCUT2D eigenvalue weighted by Gasteiger charge is -2.21. The fourth-order valence-corrected chi connectivity index (χ4v) is 3.27. The molecule has 2 aromatic carbocycles. The van der Waals surface area contributed by atoms with Crippen LogP contribution in [0.2, 0.25) is 0 Å². The van der Waals surface area contributed by atoms with E-state index < -0.39 is 16.6 Å². The van der Waals surface area contributed by atoms with Gasteiger partial charge in [-0.25, -0.2) is 9.36 Å². The maximum Gasteiger partial charge on any atom is 0.419 e. The van der Waals surface area contributed by atoms with E-state index in [1.807, 2.05) is 36.4 Å². The van der Waals surface area contributed by atoms with Gasteiger partial charge in [-0.15, -0.1) is 0 Å². The van der Waals surface area contributed by atoms with Gasteiger partial charge in [0.2, 0.25) is 0 Å². The second-order valence-electron chi connectivity index (χ2n) is 7.85. The predicted molar refractivity (Wildman–Crippen MR) is 111 cm³/mol. The zero-order valence-electron chi connectivity index (χ0n) is 16.7. The minimum Gasteiger partial charge on any atom is -0.443 e. The predicted octanol–water partition coefficient (Wildman–Crippen LogP) is 4.92. The highest BCUT2D eigenvalue weighted by Crippen LogP contribution is 2.35. The van der Waals surface area contributed by atoms with Crippen LogP contribution in [0.1, 0.15) is 32.8 Å². The molecule has 1 N–H and O–H groups in total. The van der Waals surface area contributed by atoms with Gasteiger partial charge < -0.3 is 9.84 Å². The number of nitrogens with zero attached hydrogens (tertiary/aromatic N) is 2. The van der Waals surface area contributed by atoms with E-state index in [0.717, 1.165) is 11.1 Å². The molecule has 1 aromatic heterocycles. The quantitative estimate of drug-likeness (QED) is 0.488. The molecule has 0 aliphatic carbocycles. The van der Waals surface area contributed by atoms with Gasteiger partial charge in [0.1, 0.15) is 11.1 Å². The van der Waals surface area contributed by atoms with Crippen molar-refractivity contribution in [3.63, 3.8) is 0 Å². The Balaban J connectivity index is 2.31. The Morgan fingerprint density at radius 2 is 1.86 bits per heavy atom. The number of aryl methyl sites for hydroxylation is 1. The molecule has 7 nitrogen and oxygen atoms in total. The molecule has 0 aliphatic heterocycles. The lowest BCUT2D eigenvalue weighted by molar-refractivity contribution is -0.383. The van der Waals surface area contributed by atoms with E-state index in [0.29, 0.717) is 23.9 Å². The Bertz CT molecular complexity index is 1050. The zero-order valence-corrected chi connectivity index (χ0v) is 16.7. The molecule has 1 heterocycles. The molecule has 0 atom stereocenters. The van der Waals surface area contributed by atoms with Gasteiger partial charge in [-0.05, 0) is 56.9 Å². The fraction of sp³-hybridized carbons (Fsp3) is 0.318. The summed E-state index contributed by atoms with van der Waals surface area (Å²) in [6, 6.07) is 14.3. The maximum absolute atomic E-state index is 13.0. The van der Waals surface area contributed by atoms with Crippen LogP contribution in [0.15, 0.2) is 48.5 Å². The van der Waals surface area contributed by atoms with Crippen LogP contribution in [0, 0.1) is 10.1 Å². The minimum atomic E-state index is -0.752. The Hall–Kier alpha value is -3.19. The second-order valence-corrected chi connectivity index (χ2v) is 7.85. The van der Waals surface area contributed by atoms with Crippen molar-refractivity contribution in [2.45, 2.75) is 39.2 Å². The van der Waals surface area contributed by atoms with E-state index in [1.54, 1.807) is 26.8 Å². The van der Waals surface area contributed by atoms with Crippen molar-refractivity contribution in [2.24, 2.45) is 0 Å². The van der Waals surface area contributed by atoms with Gasteiger partial charge in [-0.2, -0.15) is 0 Å². The van der Waals surface area contributed by atoms with Crippen LogP contribution in [-0.2, 0) is 11.2 Å². The van der Waals surface area contributed by atoms with Crippen LogP contribution in [0.25, 0.3) is 22.2 Å². The number of rotatable bonds is 5. The molecule has 7 heteroatoms. The van der Waals surface area contributed by atoms with Crippen LogP contribution in [0.3, 0.4) is 0 Å². The van der Waals surface area contributed by atoms with Gasteiger partial charge in [0, 0.05) is 18.1 Å². The van der Waals surface area contributed by atoms with E-state index in [9.17, 15) is 14.9 Å². The van der Waals surface area contributed by atoms with Crippen molar-refractivity contribution in [1.29, 1.82) is 0 Å². The number of ether oxygens (including phenoxy) is 1. The van der Waals surface area contributed by atoms with Gasteiger partial charge in [-0.3, -0.25) is 10.1 Å². The number of carbonyl (C=O) groups excluding carboxylic acids is 1. The zero-order chi connectivity index (χ0) is 21.2. The summed E-state index contributed by atoms with van der Waals surface area (Å²) in [5.41, 5.74) is 1.30. The number of carbonyl (C=O) groups is 1. The lowest BCUT2D eigenvalue weighted by atomic mass is 10.1. The standard InChI is InChI=1S/C22H24N2O5/c1-22(2,3)29-21(26)23-18(16-9-5-4-6-10-16)14-17-12-15(8-7-11-25)13-19(20(17)23)24(27)28/h4-6,9-10,12-14,25H,7-8,11H2,1-3H3. The third kappa shape index (κ3) is 4.46. The summed E-state index contributed by atoms with van der Waals surface area (Å²) in [5, 5.41) is 21.5. The number of fused-ring (bicyclic) bond motifs is 1. The van der Waals surface area contributed by atoms with Gasteiger partial charge in [0.05, 0.1) is 10.6 Å². The highest BCUT2D eigenvalue weighted by atomic mass is 16.6. The molecule has 0 amide bonds. The third-order valence-corrected chi connectivity index (χ3v) is 4.40. The molecule has 0 unspecified atom stereocenters. The monoisotopic (exact) mass is 396 g/mol. The van der Waals surface area contributed by atoms with Crippen LogP contribution in [0.5, 0.6) is 0 Å². The topological polar surface area (TPSA) is 94.6 Å². The highest BCUT2D eigenvalue weighted by molar-refractivity contribution is 6.01. The van der Waals surface area contributed by atoms with E-state index in [-0.39, 0.29) is 17.8 Å². The summed E-state index contributed by atoms with van der Waals surface area (Å²) >= 11 is 0. The van der Waals surface area contributed by atoms with E-state index >= 15 is 0 Å². The molecular formula is C22H24N2O5. The molecule has 0 aliphatic rings. The summed E-state index contributed by atoms with van der Waals surface area (Å²) in [7, 11) is 0. The van der Waals surface area contributed by atoms with Crippen molar-refractivity contribution in [3.8, 4) is 11.3 Å². The molecule has 0 radical (unpaired) electrons. The minimum absolute atomic E-state index is 0.0000204. The first-order chi connectivity index (χ1) is 13.7. The number of nitro groups is 1. The molecule has 29 heavy (non-hydrogen) atoms. The van der Waals surface area contributed by atoms with Crippen LogP contribution >= 0.6 is 0 Å². The second kappa shape index (κ2) is 8.05. The highest BCUT2D eigenvalue weighted by Gasteiger charge is 2.28. The molecular weight excluding hydrogens is 372 g/mol. The number of hydrogen-bond donors (Lipinski definition) is 1. The van der Waals surface area contributed by atoms with E-state index in [1.165, 1.54) is 10.6 Å². The summed E-state index contributed by atoms with van der Waals surface area (Å²) in [4.78, 5) is 24.4. The SMILES string of the molecule is CC(C)(C)OC(=O)n1c(-c2ccccc2)cc2cc(CCCO)cc([N+](=O)[O-])c21. The van der Waals surface area contributed by atoms with Gasteiger partial charge in [0.15, 0.2) is 0 Å². The average molecular weight is 396 g/mol. The normalized spacial score (nSPS) is 11.6. The summed E-state index contributed by atoms with van der Waals surface area (Å²) in [6.45, 7) is 5.25. The molecule has 152 valence electrons. The summed E-state index contributed by atoms with van der Waals surface area (Å²) < 4.78 is 6.83. The average Bonchev–Trinajstić information content (AvgIpc) is 3.04. The number of aliphatic hydroxyl groups is 1. The number of nitro benzene ring substituents is 1. The first-order valence-electron chi connectivity index (χ1n) is 9.43. The van der Waals surface area contributed by atoms with Crippen LogP contribution < -0.4 is 0 Å². The number of benzene rings is 2. The van der Waals surface area contributed by atoms with Crippen LogP contribution in [-0.4, -0.2) is 32.9 Å². The summed E-state index contributed by atoms with van der Waals surface area (Å²) in [5.74, 6) is 0. The van der Waals surface area contributed by atoms with Gasteiger partial charge in [0.25, 0.3) is 5.69 Å². The molecule has 0 saturated heterocycles. The molecule has 0 bridgehead atoms. The lowest BCUT2D eigenvalue weighted by Crippen LogP contribution is -2.27. The van der Waals surface area contributed by atoms with E-state index in [2.05, 4.69) is 0 Å². The Morgan fingerprint density at radius 3 is 2.45 bits per heavy atom. The first kappa shape index (κ1) is 20.5. The molecule has 3 aromatic rings. The molecule has 0 spiro atoms. The van der Waals surface area contributed by atoms with Crippen LogP contribution in [0.4, 0.5) is 10.5 Å². The number of hydrogen-bond acceptors (Lipinski definition) is 5. The van der Waals surface area contributed by atoms with Crippen molar-refractivity contribution in [2.75, 3.05) is 6.61 Å². The Morgan fingerprint density at radius 1 is 1.17 bits per heavy atom. The third-order valence-electron chi connectivity index (χ3n) is 4.40. The number of aliphatic hydroxyl groups excluding tert-OH is 1. The Kier molecular flexibility index (Phi) is 5.70. The molecule has 0 fully saturated rings. The number of aromatic nitrogens is 1. The van der Waals surface area contributed by atoms with Crippen molar-refractivity contribution in [1.82, 2.24) is 4.57 Å². The van der Waals surface area contributed by atoms with Crippen molar-refractivity contribution in [3.05, 3.63) is 64.2 Å². The van der Waals surface area contributed by atoms with Crippen molar-refractivity contribution < 1.29 is 19.6 Å². The summed E-state index contributed by atoms with van der Waals surface area (Å²) in [6.07, 6.45) is 0.338. The smallest absolute Gasteiger partial charge is 0.419 e. The fourth-order valence-electron chi connectivity index (χ4n) is 3.27. The van der Waals surface area contributed by atoms with Gasteiger partial charge >= 0.3 is 6.09 Å². The molecule has 3 rings (SSSR count). The maximum atomic E-state index is 13.0. The number of non-ortho nitro benzene ring substituents is 1. The van der Waals surface area contributed by atoms with E-state index in [4.69, 9.17) is 9.84 Å². The molecule has 0 saturated carbocycles. The van der Waals surface area contributed by atoms with Gasteiger partial charge in [-0.1, -0.05) is 30.3 Å².